The third kappa shape index (κ3) is 12.5. The van der Waals surface area contributed by atoms with Gasteiger partial charge in [0, 0.05) is 5.69 Å². The Balaban J connectivity index is 0. The molecule has 1 aromatic carbocycles. The van der Waals surface area contributed by atoms with Crippen LogP contribution in [-0.2, 0) is 9.59 Å². The quantitative estimate of drug-likeness (QED) is 0.329. The topological polar surface area (TPSA) is 108 Å². The number of carbonyl (C=O) groups excluding carboxylic acids is 2. The molecule has 0 aromatic heterocycles. The zero-order chi connectivity index (χ0) is 11.4. The van der Waals surface area contributed by atoms with Gasteiger partial charge in [0.1, 0.15) is 0 Å². The molecule has 0 aliphatic rings. The highest BCUT2D eigenvalue weighted by Crippen LogP contribution is 2.02. The number of rotatable bonds is 0. The van der Waals surface area contributed by atoms with Crippen LogP contribution >= 0.6 is 0 Å². The van der Waals surface area contributed by atoms with Gasteiger partial charge in [-0.1, -0.05) is 17.7 Å². The van der Waals surface area contributed by atoms with Crippen LogP contribution in [0, 0.1) is 17.7 Å². The van der Waals surface area contributed by atoms with Gasteiger partial charge in [-0.15, -0.1) is 0 Å². The van der Waals surface area contributed by atoms with Gasteiger partial charge in [0.15, 0.2) is 0 Å². The average Bonchev–Trinajstić information content (AvgIpc) is 2.13. The van der Waals surface area contributed by atoms with E-state index >= 15 is 0 Å². The summed E-state index contributed by atoms with van der Waals surface area (Å²) in [6.07, 6.45) is 1.50. The Hall–Kier alpha value is -2.22. The summed E-state index contributed by atoms with van der Waals surface area (Å²) >= 11 is 0. The largest absolute Gasteiger partial charge is 0.399 e. The van der Waals surface area contributed by atoms with Gasteiger partial charge >= 0.3 is 0 Å². The van der Waals surface area contributed by atoms with E-state index in [1.807, 2.05) is 31.2 Å². The number of hydrogen-bond donors (Lipinski definition) is 3. The molecule has 0 amide bonds. The Morgan fingerprint density at radius 1 is 1.07 bits per heavy atom. The second kappa shape index (κ2) is 10.8. The highest BCUT2D eigenvalue weighted by atomic mass is 16.1. The molecule has 0 spiro atoms. The number of nitrogens with two attached hydrogens (primary N) is 1. The van der Waals surface area contributed by atoms with E-state index in [-0.39, 0.29) is 0 Å². The molecule has 0 saturated heterocycles. The van der Waals surface area contributed by atoms with Crippen LogP contribution in [0.2, 0.25) is 0 Å². The van der Waals surface area contributed by atoms with Crippen LogP contribution in [0.25, 0.3) is 0 Å². The number of anilines is 1. The number of isocyanates is 2. The minimum atomic E-state index is 0.750. The van der Waals surface area contributed by atoms with Crippen molar-refractivity contribution in [1.29, 1.82) is 10.8 Å². The lowest BCUT2D eigenvalue weighted by Crippen LogP contribution is -1.81. The molecular formula is C9H11N3O2. The zero-order valence-corrected chi connectivity index (χ0v) is 7.70. The number of nitrogen functional groups attached to an aromatic ring is 1. The predicted molar refractivity (Wildman–Crippen MR) is 52.4 cm³/mol. The normalized spacial score (nSPS) is 6.36. The lowest BCUT2D eigenvalue weighted by atomic mass is 10.2. The molecule has 0 atom stereocenters. The molecule has 5 nitrogen and oxygen atoms in total. The predicted octanol–water partition coefficient (Wildman–Crippen LogP) is 1.38. The summed E-state index contributed by atoms with van der Waals surface area (Å²) in [6.45, 7) is 2.04. The van der Waals surface area contributed by atoms with Crippen LogP contribution in [0.3, 0.4) is 0 Å². The van der Waals surface area contributed by atoms with Gasteiger partial charge in [-0.05, 0) is 19.1 Å². The summed E-state index contributed by atoms with van der Waals surface area (Å²) in [5.74, 6) is 0. The maximum absolute atomic E-state index is 8.35. The van der Waals surface area contributed by atoms with Crippen LogP contribution in [0.5, 0.6) is 0 Å². The van der Waals surface area contributed by atoms with Gasteiger partial charge < -0.3 is 5.73 Å². The van der Waals surface area contributed by atoms with Gasteiger partial charge in [-0.25, -0.2) is 20.4 Å². The van der Waals surface area contributed by atoms with Crippen LogP contribution in [0.4, 0.5) is 5.69 Å². The van der Waals surface area contributed by atoms with E-state index in [9.17, 15) is 0 Å². The smallest absolute Gasteiger partial charge is 0.231 e. The molecule has 0 radical (unpaired) electrons. The first-order valence-corrected chi connectivity index (χ1v) is 3.52. The second-order valence-electron chi connectivity index (χ2n) is 2.11. The molecule has 0 fully saturated rings. The molecule has 5 heteroatoms. The molecule has 0 bridgehead atoms. The molecule has 1 rings (SSSR count). The number of hydrogen-bond acceptors (Lipinski definition) is 5. The summed E-state index contributed by atoms with van der Waals surface area (Å²) in [6, 6.07) is 7.79. The third-order valence-corrected chi connectivity index (χ3v) is 1.08. The van der Waals surface area contributed by atoms with Crippen molar-refractivity contribution in [2.24, 2.45) is 0 Å². The van der Waals surface area contributed by atoms with E-state index in [2.05, 4.69) is 0 Å². The van der Waals surface area contributed by atoms with E-state index < -0.39 is 0 Å². The molecule has 0 unspecified atom stereocenters. The molecular weight excluding hydrogens is 182 g/mol. The van der Waals surface area contributed by atoms with E-state index in [1.165, 1.54) is 5.56 Å². The Labute approximate surface area is 81.6 Å². The van der Waals surface area contributed by atoms with Crippen LogP contribution < -0.4 is 5.73 Å². The van der Waals surface area contributed by atoms with Crippen molar-refractivity contribution in [2.75, 3.05) is 5.73 Å². The monoisotopic (exact) mass is 193 g/mol. The van der Waals surface area contributed by atoms with Crippen molar-refractivity contribution in [1.82, 2.24) is 0 Å². The van der Waals surface area contributed by atoms with Gasteiger partial charge in [0.25, 0.3) is 0 Å². The fourth-order valence-corrected chi connectivity index (χ4v) is 0.566. The van der Waals surface area contributed by atoms with E-state index in [0.717, 1.165) is 17.8 Å². The van der Waals surface area contributed by atoms with Crippen LogP contribution in [0.15, 0.2) is 24.3 Å². The van der Waals surface area contributed by atoms with Crippen molar-refractivity contribution >= 4 is 17.8 Å². The minimum Gasteiger partial charge on any atom is -0.399 e. The molecule has 74 valence electrons. The maximum atomic E-state index is 8.35. The third-order valence-electron chi connectivity index (χ3n) is 1.08. The summed E-state index contributed by atoms with van der Waals surface area (Å²) in [5.41, 5.74) is 7.51. The molecule has 0 aliphatic heterocycles. The fraction of sp³-hybridized carbons (Fsp3) is 0.111. The number of nitrogens with one attached hydrogen (secondary N) is 2. The lowest BCUT2D eigenvalue weighted by molar-refractivity contribution is 0.562. The molecule has 4 N–H and O–H groups in total. The Kier molecular flexibility index (Phi) is 11.0. The zero-order valence-electron chi connectivity index (χ0n) is 7.70. The van der Waals surface area contributed by atoms with Crippen molar-refractivity contribution in [3.8, 4) is 0 Å². The highest BCUT2D eigenvalue weighted by Gasteiger charge is 1.80. The van der Waals surface area contributed by atoms with E-state index in [0.29, 0.717) is 0 Å². The Morgan fingerprint density at radius 2 is 1.36 bits per heavy atom. The van der Waals surface area contributed by atoms with Crippen molar-refractivity contribution in [3.05, 3.63) is 29.8 Å². The molecule has 14 heavy (non-hydrogen) atoms. The number of benzene rings is 1. The van der Waals surface area contributed by atoms with E-state index in [4.69, 9.17) is 26.1 Å². The average molecular weight is 193 g/mol. The summed E-state index contributed by atoms with van der Waals surface area (Å²) in [7, 11) is 0. The Morgan fingerprint density at radius 3 is 1.57 bits per heavy atom. The molecule has 0 saturated carbocycles. The highest BCUT2D eigenvalue weighted by molar-refractivity contribution is 5.38. The Bertz CT molecular complexity index is 274. The molecule has 1 aromatic rings. The maximum Gasteiger partial charge on any atom is 0.231 e. The van der Waals surface area contributed by atoms with Crippen LogP contribution in [-0.4, -0.2) is 12.2 Å². The fourth-order valence-electron chi connectivity index (χ4n) is 0.566. The second-order valence-corrected chi connectivity index (χ2v) is 2.11. The van der Waals surface area contributed by atoms with Crippen molar-refractivity contribution < 1.29 is 9.59 Å². The van der Waals surface area contributed by atoms with E-state index in [1.54, 1.807) is 0 Å². The summed E-state index contributed by atoms with van der Waals surface area (Å²) in [4.78, 5) is 16.7. The molecule has 0 heterocycles. The van der Waals surface area contributed by atoms with Gasteiger partial charge in [0.05, 0.1) is 0 Å². The standard InChI is InChI=1S/C7H9N.2CHNO/c1-6-2-4-7(8)5-3-6;2*2-1-3/h2-5H,8H2,1H3;2*2H. The first kappa shape index (κ1) is 14.3. The first-order chi connectivity index (χ1) is 6.62. The lowest BCUT2D eigenvalue weighted by Gasteiger charge is -1.90. The van der Waals surface area contributed by atoms with Gasteiger partial charge in [-0.3, -0.25) is 0 Å². The number of aryl methyl sites for hydroxylation is 1. The molecule has 0 aliphatic carbocycles. The summed E-state index contributed by atoms with van der Waals surface area (Å²) < 4.78 is 0. The van der Waals surface area contributed by atoms with Gasteiger partial charge in [0.2, 0.25) is 12.2 Å². The first-order valence-electron chi connectivity index (χ1n) is 3.52. The SMILES string of the molecule is Cc1ccc(N)cc1.N=C=O.N=C=O. The summed E-state index contributed by atoms with van der Waals surface area (Å²) in [5, 5.41) is 10.8. The van der Waals surface area contributed by atoms with Crippen molar-refractivity contribution in [3.63, 3.8) is 0 Å². The van der Waals surface area contributed by atoms with Gasteiger partial charge in [-0.2, -0.15) is 0 Å². The van der Waals surface area contributed by atoms with Crippen LogP contribution in [0.1, 0.15) is 5.56 Å². The van der Waals surface area contributed by atoms with Crippen molar-refractivity contribution in [2.45, 2.75) is 6.92 Å². The minimum absolute atomic E-state index is 0.750.